The number of aliphatic imine (C=N–C) groups is 1. The van der Waals surface area contributed by atoms with E-state index in [9.17, 15) is 0 Å². The summed E-state index contributed by atoms with van der Waals surface area (Å²) in [5.74, 6) is 3.31. The Morgan fingerprint density at radius 2 is 1.93 bits per heavy atom. The number of benzene rings is 1. The minimum Gasteiger partial charge on any atom is -0.444 e. The van der Waals surface area contributed by atoms with Gasteiger partial charge in [0.25, 0.3) is 0 Å². The molecule has 0 aliphatic carbocycles. The molecule has 146 valence electrons. The van der Waals surface area contributed by atoms with E-state index in [0.717, 1.165) is 56.0 Å². The molecule has 1 aliphatic heterocycles. The van der Waals surface area contributed by atoms with Gasteiger partial charge in [-0.3, -0.25) is 9.89 Å². The second kappa shape index (κ2) is 9.55. The van der Waals surface area contributed by atoms with Crippen molar-refractivity contribution in [3.8, 4) is 0 Å². The van der Waals surface area contributed by atoms with Crippen LogP contribution in [0.1, 0.15) is 35.7 Å². The van der Waals surface area contributed by atoms with Gasteiger partial charge in [-0.1, -0.05) is 30.3 Å². The highest BCUT2D eigenvalue weighted by Gasteiger charge is 2.21. The number of aryl methyl sites for hydroxylation is 2. The minimum atomic E-state index is 0.671. The first-order chi connectivity index (χ1) is 13.1. The Morgan fingerprint density at radius 1 is 1.19 bits per heavy atom. The lowest BCUT2D eigenvalue weighted by atomic mass is 9.97. The van der Waals surface area contributed by atoms with E-state index in [0.29, 0.717) is 5.92 Å². The Bertz CT molecular complexity index is 713. The van der Waals surface area contributed by atoms with Gasteiger partial charge < -0.3 is 15.1 Å². The third-order valence-electron chi connectivity index (χ3n) is 5.22. The van der Waals surface area contributed by atoms with Crippen LogP contribution in [0.4, 0.5) is 0 Å². The summed E-state index contributed by atoms with van der Waals surface area (Å²) in [6, 6.07) is 10.4. The number of oxazole rings is 1. The van der Waals surface area contributed by atoms with E-state index in [4.69, 9.17) is 4.42 Å². The second-order valence-electron chi connectivity index (χ2n) is 7.26. The van der Waals surface area contributed by atoms with Gasteiger partial charge in [0, 0.05) is 20.1 Å². The van der Waals surface area contributed by atoms with Crippen LogP contribution in [0, 0.1) is 19.8 Å². The number of hydrogen-bond donors (Lipinski definition) is 2. The third-order valence-corrected chi connectivity index (χ3v) is 5.22. The first kappa shape index (κ1) is 19.4. The van der Waals surface area contributed by atoms with E-state index >= 15 is 0 Å². The highest BCUT2D eigenvalue weighted by molar-refractivity contribution is 5.79. The maximum absolute atomic E-state index is 5.71. The molecule has 0 saturated carbocycles. The molecule has 0 atom stereocenters. The highest BCUT2D eigenvalue weighted by atomic mass is 16.4. The van der Waals surface area contributed by atoms with Crippen molar-refractivity contribution in [3.63, 3.8) is 0 Å². The first-order valence-corrected chi connectivity index (χ1v) is 9.77. The van der Waals surface area contributed by atoms with Crippen molar-refractivity contribution in [1.29, 1.82) is 0 Å². The number of nitrogens with one attached hydrogen (secondary N) is 2. The number of piperidine rings is 1. The number of rotatable bonds is 6. The van der Waals surface area contributed by atoms with Gasteiger partial charge in [-0.25, -0.2) is 4.98 Å². The van der Waals surface area contributed by atoms with Crippen LogP contribution >= 0.6 is 0 Å². The van der Waals surface area contributed by atoms with Gasteiger partial charge in [-0.2, -0.15) is 0 Å². The smallest absolute Gasteiger partial charge is 0.208 e. The molecule has 0 spiro atoms. The molecule has 6 nitrogen and oxygen atoms in total. The van der Waals surface area contributed by atoms with E-state index in [-0.39, 0.29) is 0 Å². The number of guanidine groups is 1. The van der Waals surface area contributed by atoms with E-state index in [1.165, 1.54) is 18.4 Å². The van der Waals surface area contributed by atoms with E-state index in [1.807, 2.05) is 27.0 Å². The zero-order valence-electron chi connectivity index (χ0n) is 16.7. The average Bonchev–Trinajstić information content (AvgIpc) is 3.01. The van der Waals surface area contributed by atoms with E-state index in [2.05, 4.69) is 49.8 Å². The molecule has 1 aliphatic rings. The van der Waals surface area contributed by atoms with Crippen molar-refractivity contribution in [2.45, 2.75) is 39.8 Å². The fourth-order valence-electron chi connectivity index (χ4n) is 3.39. The molecule has 1 aromatic carbocycles. The second-order valence-corrected chi connectivity index (χ2v) is 7.26. The molecular formula is C21H31N5O. The highest BCUT2D eigenvalue weighted by Crippen LogP contribution is 2.19. The van der Waals surface area contributed by atoms with Gasteiger partial charge in [-0.05, 0) is 51.3 Å². The average molecular weight is 370 g/mol. The molecule has 0 bridgehead atoms. The molecule has 2 heterocycles. The number of nitrogens with zero attached hydrogens (tertiary/aromatic N) is 3. The molecule has 6 heteroatoms. The van der Waals surface area contributed by atoms with Crippen molar-refractivity contribution >= 4 is 5.96 Å². The normalized spacial score (nSPS) is 16.5. The lowest BCUT2D eigenvalue weighted by Crippen LogP contribution is -2.42. The van der Waals surface area contributed by atoms with E-state index < -0.39 is 0 Å². The lowest BCUT2D eigenvalue weighted by Gasteiger charge is -2.31. The minimum absolute atomic E-state index is 0.671. The fraction of sp³-hybridized carbons (Fsp3) is 0.524. The van der Waals surface area contributed by atoms with Gasteiger partial charge in [0.2, 0.25) is 5.89 Å². The third kappa shape index (κ3) is 5.82. The Morgan fingerprint density at radius 3 is 2.56 bits per heavy atom. The summed E-state index contributed by atoms with van der Waals surface area (Å²) in [5.41, 5.74) is 2.25. The summed E-state index contributed by atoms with van der Waals surface area (Å²) in [5, 5.41) is 6.86. The summed E-state index contributed by atoms with van der Waals surface area (Å²) < 4.78 is 5.71. The number of likely N-dealkylation sites (tertiary alicyclic amines) is 1. The zero-order chi connectivity index (χ0) is 19.1. The molecule has 0 radical (unpaired) electrons. The summed E-state index contributed by atoms with van der Waals surface area (Å²) in [6.45, 7) is 8.70. The fourth-order valence-corrected chi connectivity index (χ4v) is 3.39. The van der Waals surface area contributed by atoms with E-state index in [1.54, 1.807) is 0 Å². The van der Waals surface area contributed by atoms with Crippen LogP contribution < -0.4 is 10.6 Å². The largest absolute Gasteiger partial charge is 0.444 e. The van der Waals surface area contributed by atoms with Crippen LogP contribution in [0.2, 0.25) is 0 Å². The topological polar surface area (TPSA) is 65.7 Å². The molecule has 1 fully saturated rings. The summed E-state index contributed by atoms with van der Waals surface area (Å²) in [4.78, 5) is 11.3. The lowest BCUT2D eigenvalue weighted by molar-refractivity contribution is 0.164. The predicted octanol–water partition coefficient (Wildman–Crippen LogP) is 2.87. The molecule has 2 N–H and O–H groups in total. The predicted molar refractivity (Wildman–Crippen MR) is 109 cm³/mol. The maximum Gasteiger partial charge on any atom is 0.208 e. The molecule has 2 aromatic rings. The quantitative estimate of drug-likeness (QED) is 0.605. The van der Waals surface area contributed by atoms with Crippen LogP contribution in [0.15, 0.2) is 39.7 Å². The van der Waals surface area contributed by atoms with Gasteiger partial charge in [0.05, 0.1) is 12.2 Å². The summed E-state index contributed by atoms with van der Waals surface area (Å²) >= 11 is 0. The van der Waals surface area contributed by atoms with Crippen LogP contribution in [0.3, 0.4) is 0 Å². The van der Waals surface area contributed by atoms with Crippen LogP contribution in [-0.4, -0.2) is 42.5 Å². The number of hydrogen-bond acceptors (Lipinski definition) is 4. The molecule has 1 aromatic heterocycles. The molecule has 3 rings (SSSR count). The molecule has 1 saturated heterocycles. The van der Waals surface area contributed by atoms with Gasteiger partial charge >= 0.3 is 0 Å². The van der Waals surface area contributed by atoms with Gasteiger partial charge in [0.1, 0.15) is 5.76 Å². The molecule has 0 unspecified atom stereocenters. The molecule has 27 heavy (non-hydrogen) atoms. The Balaban J connectivity index is 1.37. The maximum atomic E-state index is 5.71. The first-order valence-electron chi connectivity index (χ1n) is 9.77. The van der Waals surface area contributed by atoms with Gasteiger partial charge in [0.15, 0.2) is 5.96 Å². The van der Waals surface area contributed by atoms with Crippen molar-refractivity contribution in [2.24, 2.45) is 10.9 Å². The summed E-state index contributed by atoms with van der Waals surface area (Å²) in [7, 11) is 1.82. The molecular weight excluding hydrogens is 338 g/mol. The standard InChI is InChI=1S/C21H31N5O/c1-16-17(2)27-20(25-16)15-26-11-9-19(10-12-26)14-24-21(22-3)23-13-18-7-5-4-6-8-18/h4-8,19H,9-15H2,1-3H3,(H2,22,23,24). The molecule has 0 amide bonds. The Kier molecular flexibility index (Phi) is 6.87. The zero-order valence-corrected chi connectivity index (χ0v) is 16.7. The number of aromatic nitrogens is 1. The van der Waals surface area contributed by atoms with Crippen molar-refractivity contribution in [2.75, 3.05) is 26.7 Å². The van der Waals surface area contributed by atoms with Gasteiger partial charge in [-0.15, -0.1) is 0 Å². The summed E-state index contributed by atoms with van der Waals surface area (Å²) in [6.07, 6.45) is 2.36. The SMILES string of the molecule is CN=C(NCc1ccccc1)NCC1CCN(Cc2nc(C)c(C)o2)CC1. The van der Waals surface area contributed by atoms with Crippen LogP contribution in [-0.2, 0) is 13.1 Å². The Hall–Kier alpha value is -2.34. The van der Waals surface area contributed by atoms with Crippen molar-refractivity contribution in [1.82, 2.24) is 20.5 Å². The van der Waals surface area contributed by atoms with Crippen molar-refractivity contribution in [3.05, 3.63) is 53.2 Å². The Labute approximate surface area is 162 Å². The van der Waals surface area contributed by atoms with Crippen LogP contribution in [0.25, 0.3) is 0 Å². The monoisotopic (exact) mass is 369 g/mol. The van der Waals surface area contributed by atoms with Crippen LogP contribution in [0.5, 0.6) is 0 Å². The van der Waals surface area contributed by atoms with Crippen molar-refractivity contribution < 1.29 is 4.42 Å².